The minimum atomic E-state index is -1.21. The van der Waals surface area contributed by atoms with Crippen LogP contribution < -0.4 is 5.32 Å². The Kier molecular flexibility index (Phi) is 9.38. The highest BCUT2D eigenvalue weighted by Gasteiger charge is 2.69. The van der Waals surface area contributed by atoms with E-state index in [4.69, 9.17) is 4.74 Å². The predicted molar refractivity (Wildman–Crippen MR) is 190 cm³/mol. The third-order valence-corrected chi connectivity index (χ3v) is 15.3. The van der Waals surface area contributed by atoms with Gasteiger partial charge < -0.3 is 20.3 Å². The monoisotopic (exact) mass is 697 g/mol. The molecule has 0 aromatic carbocycles. The smallest absolute Gasteiger partial charge is 0.309 e. The molecule has 1 amide bonds. The van der Waals surface area contributed by atoms with Gasteiger partial charge in [0.05, 0.1) is 22.8 Å². The minimum absolute atomic E-state index is 0.00700. The summed E-state index contributed by atoms with van der Waals surface area (Å²) in [7, 11) is 0. The fourth-order valence-corrected chi connectivity index (χ4v) is 12.3. The second-order valence-corrected chi connectivity index (χ2v) is 19.9. The van der Waals surface area contributed by atoms with Crippen molar-refractivity contribution in [3.63, 3.8) is 0 Å². The second kappa shape index (κ2) is 12.2. The lowest BCUT2D eigenvalue weighted by Gasteiger charge is -2.70. The molecule has 3 N–H and O–H groups in total. The first-order chi connectivity index (χ1) is 22.8. The Bertz CT molecular complexity index is 1500. The first-order valence-corrected chi connectivity index (χ1v) is 19.0. The van der Waals surface area contributed by atoms with Gasteiger partial charge in [0.15, 0.2) is 0 Å². The number of amides is 1. The maximum Gasteiger partial charge on any atom is 0.309 e. The summed E-state index contributed by atoms with van der Waals surface area (Å²) in [6, 6.07) is 0. The zero-order valence-electron chi connectivity index (χ0n) is 32.5. The van der Waals surface area contributed by atoms with E-state index in [1.807, 2.05) is 0 Å². The van der Waals surface area contributed by atoms with Crippen molar-refractivity contribution in [2.75, 3.05) is 0 Å². The van der Waals surface area contributed by atoms with Gasteiger partial charge in [-0.3, -0.25) is 24.0 Å². The largest absolute Gasteiger partial charge is 0.481 e. The molecule has 0 aromatic rings. The van der Waals surface area contributed by atoms with E-state index >= 15 is 0 Å². The fourth-order valence-electron chi connectivity index (χ4n) is 12.3. The molecular weight excluding hydrogens is 634 g/mol. The Labute approximate surface area is 299 Å². The number of hydrogen-bond acceptors (Lipinski definition) is 6. The van der Waals surface area contributed by atoms with Crippen LogP contribution in [0.4, 0.5) is 0 Å². The van der Waals surface area contributed by atoms with E-state index in [1.54, 1.807) is 27.7 Å². The molecule has 4 fully saturated rings. The van der Waals surface area contributed by atoms with Crippen LogP contribution in [0.15, 0.2) is 11.1 Å². The third-order valence-electron chi connectivity index (χ3n) is 15.3. The zero-order chi connectivity index (χ0) is 37.6. The van der Waals surface area contributed by atoms with Gasteiger partial charge in [0, 0.05) is 24.2 Å². The summed E-state index contributed by atoms with van der Waals surface area (Å²) in [4.78, 5) is 64.1. The van der Waals surface area contributed by atoms with Gasteiger partial charge in [0.2, 0.25) is 5.91 Å². The molecule has 9 nitrogen and oxygen atoms in total. The lowest BCUT2D eigenvalue weighted by Crippen LogP contribution is -2.65. The van der Waals surface area contributed by atoms with E-state index in [0.29, 0.717) is 18.3 Å². The molecular formula is C41H63NO8. The molecule has 280 valence electrons. The van der Waals surface area contributed by atoms with Crippen molar-refractivity contribution < 1.29 is 38.9 Å². The Hall–Kier alpha value is -2.71. The molecule has 0 saturated heterocycles. The van der Waals surface area contributed by atoms with Crippen molar-refractivity contribution in [2.24, 2.45) is 56.2 Å². The highest BCUT2D eigenvalue weighted by atomic mass is 16.5. The van der Waals surface area contributed by atoms with Gasteiger partial charge in [-0.15, -0.1) is 0 Å². The number of carboxylic acids is 2. The van der Waals surface area contributed by atoms with Gasteiger partial charge in [-0.1, -0.05) is 54.0 Å². The van der Waals surface area contributed by atoms with Crippen molar-refractivity contribution in [1.82, 2.24) is 5.32 Å². The topological polar surface area (TPSA) is 147 Å². The Morgan fingerprint density at radius 2 is 1.44 bits per heavy atom. The Morgan fingerprint density at radius 1 is 0.840 bits per heavy atom. The van der Waals surface area contributed by atoms with Crippen LogP contribution in [-0.2, 0) is 28.7 Å². The molecule has 0 spiro atoms. The Balaban J connectivity index is 1.48. The number of nitrogens with one attached hydrogen (secondary N) is 1. The molecule has 0 heterocycles. The molecule has 0 radical (unpaired) electrons. The lowest BCUT2D eigenvalue weighted by atomic mass is 9.34. The van der Waals surface area contributed by atoms with Crippen LogP contribution in [-0.4, -0.2) is 51.5 Å². The first-order valence-electron chi connectivity index (χ1n) is 19.0. The quantitative estimate of drug-likeness (QED) is 0.164. The number of carboxylic acid groups (broad SMARTS) is 2. The van der Waals surface area contributed by atoms with Crippen molar-refractivity contribution in [3.05, 3.63) is 11.1 Å². The molecule has 9 heteroatoms. The maximum atomic E-state index is 13.9. The molecule has 5 aliphatic carbocycles. The normalized spacial score (nSPS) is 38.0. The van der Waals surface area contributed by atoms with Crippen molar-refractivity contribution in [3.8, 4) is 0 Å². The van der Waals surface area contributed by atoms with Gasteiger partial charge in [0.25, 0.3) is 0 Å². The van der Waals surface area contributed by atoms with E-state index in [2.05, 4.69) is 53.8 Å². The van der Waals surface area contributed by atoms with E-state index in [-0.39, 0.29) is 70.6 Å². The van der Waals surface area contributed by atoms with E-state index < -0.39 is 34.3 Å². The summed E-state index contributed by atoms with van der Waals surface area (Å²) in [5.41, 5.74) is -1.17. The molecule has 5 aliphatic rings. The van der Waals surface area contributed by atoms with Crippen LogP contribution >= 0.6 is 0 Å². The predicted octanol–water partition coefficient (Wildman–Crippen LogP) is 7.75. The number of ether oxygens (including phenoxy) is 1. The van der Waals surface area contributed by atoms with Gasteiger partial charge >= 0.3 is 17.9 Å². The number of ketones is 1. The number of allylic oxidation sites excluding steroid dienone is 1. The molecule has 8 atom stereocenters. The summed E-state index contributed by atoms with van der Waals surface area (Å²) < 4.78 is 6.12. The molecule has 5 rings (SSSR count). The SMILES string of the molecule is CC(C)C1C(=O)C[C@]2(NC(=O)CC(C)(C)C(=O)O)CC[C@]3(C)C(=C12)CC[C@@H]1[C@@]2(C)CC[C@H](OC(=O)CC(C)(C)C(=O)O)C(C)(C)[C@@H]2CC[C@]13C. The summed E-state index contributed by atoms with van der Waals surface area (Å²) >= 11 is 0. The lowest BCUT2D eigenvalue weighted by molar-refractivity contribution is -0.214. The van der Waals surface area contributed by atoms with Crippen molar-refractivity contribution in [2.45, 2.75) is 158 Å². The Morgan fingerprint density at radius 3 is 2.02 bits per heavy atom. The first kappa shape index (κ1) is 38.5. The fraction of sp³-hybridized carbons (Fsp3) is 0.829. The number of rotatable bonds is 9. The number of aliphatic carboxylic acids is 2. The van der Waals surface area contributed by atoms with Crippen LogP contribution in [0.1, 0.15) is 147 Å². The van der Waals surface area contributed by atoms with E-state index in [9.17, 15) is 34.2 Å². The minimum Gasteiger partial charge on any atom is -0.481 e. The van der Waals surface area contributed by atoms with Crippen molar-refractivity contribution in [1.29, 1.82) is 0 Å². The van der Waals surface area contributed by atoms with Gasteiger partial charge in [0.1, 0.15) is 11.9 Å². The average Bonchev–Trinajstić information content (AvgIpc) is 3.25. The molecule has 0 bridgehead atoms. The number of carbonyl (C=O) groups is 5. The number of fused-ring (bicyclic) bond motifs is 6. The van der Waals surface area contributed by atoms with Crippen LogP contribution in [0.25, 0.3) is 0 Å². The summed E-state index contributed by atoms with van der Waals surface area (Å²) in [5, 5.41) is 22.6. The molecule has 50 heavy (non-hydrogen) atoms. The maximum absolute atomic E-state index is 13.9. The van der Waals surface area contributed by atoms with Crippen LogP contribution in [0, 0.1) is 56.2 Å². The molecule has 0 aromatic heterocycles. The number of Topliss-reactive ketones (excluding diaryl/α,β-unsaturated/α-hetero) is 1. The standard InChI is InChI=1S/C41H63NO8/c1-23(2)31-25(43)20-41(42-29(44)21-35(3,4)33(46)47)19-18-39(10)24(32(31)41)12-13-27-38(9)16-15-28(50-30(45)22-36(5,6)34(48)49)37(7,8)26(38)14-17-40(27,39)11/h23,26-28,31H,12-22H2,1-11H3,(H,42,44)(H,46,47)(H,48,49)/t26-,27+,28-,31?,38-,39+,40+,41+/m0/s1. The van der Waals surface area contributed by atoms with Gasteiger partial charge in [-0.2, -0.15) is 0 Å². The third kappa shape index (κ3) is 5.75. The second-order valence-electron chi connectivity index (χ2n) is 19.9. The molecule has 1 unspecified atom stereocenters. The molecule has 4 saturated carbocycles. The van der Waals surface area contributed by atoms with Crippen LogP contribution in [0.3, 0.4) is 0 Å². The number of esters is 1. The van der Waals surface area contributed by atoms with Gasteiger partial charge in [-0.25, -0.2) is 0 Å². The van der Waals surface area contributed by atoms with Crippen LogP contribution in [0.5, 0.6) is 0 Å². The number of carbonyl (C=O) groups excluding carboxylic acids is 3. The molecule has 0 aliphatic heterocycles. The van der Waals surface area contributed by atoms with Crippen LogP contribution in [0.2, 0.25) is 0 Å². The summed E-state index contributed by atoms with van der Waals surface area (Å²) in [6.45, 7) is 22.3. The highest BCUT2D eigenvalue weighted by Crippen LogP contribution is 2.75. The summed E-state index contributed by atoms with van der Waals surface area (Å²) in [5.74, 6) is -2.06. The zero-order valence-corrected chi connectivity index (χ0v) is 32.5. The van der Waals surface area contributed by atoms with E-state index in [0.717, 1.165) is 50.5 Å². The number of hydrogen-bond donors (Lipinski definition) is 3. The van der Waals surface area contributed by atoms with Gasteiger partial charge in [-0.05, 0) is 119 Å². The average molecular weight is 698 g/mol. The summed E-state index contributed by atoms with van der Waals surface area (Å²) in [6.07, 6.45) is 6.71. The van der Waals surface area contributed by atoms with E-state index in [1.165, 1.54) is 5.57 Å². The van der Waals surface area contributed by atoms with Crippen molar-refractivity contribution >= 4 is 29.6 Å². The highest BCUT2D eigenvalue weighted by molar-refractivity contribution is 5.93.